The molecule has 3 N–H and O–H groups in total. The quantitative estimate of drug-likeness (QED) is 0.521. The van der Waals surface area contributed by atoms with E-state index in [0.29, 0.717) is 5.69 Å². The highest BCUT2D eigenvalue weighted by molar-refractivity contribution is 7.92. The molecular weight excluding hydrogens is 428 g/mol. The minimum atomic E-state index is -3.96. The summed E-state index contributed by atoms with van der Waals surface area (Å²) in [5.74, 6) is -1.81. The fourth-order valence-corrected chi connectivity index (χ4v) is 3.98. The van der Waals surface area contributed by atoms with Gasteiger partial charge in [0.05, 0.1) is 21.0 Å². The number of hydrogen-bond donors (Lipinski definition) is 3. The molecule has 3 aromatic rings. The number of aryl methyl sites for hydroxylation is 1. The first-order valence-electron chi connectivity index (χ1n) is 8.69. The molecule has 3 aromatic carbocycles. The molecule has 0 saturated carbocycles. The Labute approximate surface area is 178 Å². The lowest BCUT2D eigenvalue weighted by atomic mass is 10.1. The van der Waals surface area contributed by atoms with Crippen LogP contribution in [0, 0.1) is 6.92 Å². The third kappa shape index (κ3) is 4.97. The van der Waals surface area contributed by atoms with E-state index in [1.54, 1.807) is 18.2 Å². The molecule has 0 radical (unpaired) electrons. The van der Waals surface area contributed by atoms with Gasteiger partial charge in [-0.2, -0.15) is 0 Å². The Hall–Kier alpha value is -3.36. The molecule has 0 aliphatic carbocycles. The summed E-state index contributed by atoms with van der Waals surface area (Å²) < 4.78 is 27.9. The van der Waals surface area contributed by atoms with Gasteiger partial charge in [0.1, 0.15) is 0 Å². The Morgan fingerprint density at radius 3 is 2.33 bits per heavy atom. The van der Waals surface area contributed by atoms with Gasteiger partial charge in [0.25, 0.3) is 15.9 Å². The number of carbonyl (C=O) groups is 2. The number of aromatic carboxylic acids is 1. The summed E-state index contributed by atoms with van der Waals surface area (Å²) in [6.45, 7) is 1.84. The Bertz CT molecular complexity index is 1240. The second kappa shape index (κ2) is 8.56. The molecule has 154 valence electrons. The Morgan fingerprint density at radius 2 is 1.63 bits per heavy atom. The number of anilines is 2. The van der Waals surface area contributed by atoms with Crippen LogP contribution >= 0.6 is 11.6 Å². The van der Waals surface area contributed by atoms with Gasteiger partial charge in [-0.15, -0.1) is 0 Å². The van der Waals surface area contributed by atoms with Gasteiger partial charge >= 0.3 is 5.97 Å². The molecule has 0 bridgehead atoms. The van der Waals surface area contributed by atoms with Crippen LogP contribution in [0.5, 0.6) is 0 Å². The zero-order valence-electron chi connectivity index (χ0n) is 15.7. The minimum Gasteiger partial charge on any atom is -0.478 e. The monoisotopic (exact) mass is 444 g/mol. The van der Waals surface area contributed by atoms with Crippen LogP contribution in [-0.4, -0.2) is 25.4 Å². The van der Waals surface area contributed by atoms with Crippen molar-refractivity contribution < 1.29 is 23.1 Å². The second-order valence-corrected chi connectivity index (χ2v) is 8.55. The topological polar surface area (TPSA) is 113 Å². The lowest BCUT2D eigenvalue weighted by molar-refractivity contribution is 0.0696. The van der Waals surface area contributed by atoms with Crippen molar-refractivity contribution in [3.05, 3.63) is 88.4 Å². The smallest absolute Gasteiger partial charge is 0.335 e. The van der Waals surface area contributed by atoms with Gasteiger partial charge in [-0.3, -0.25) is 9.52 Å². The summed E-state index contributed by atoms with van der Waals surface area (Å²) in [5, 5.41) is 11.6. The van der Waals surface area contributed by atoms with E-state index in [1.165, 1.54) is 36.4 Å². The van der Waals surface area contributed by atoms with Gasteiger partial charge in [0.2, 0.25) is 0 Å². The van der Waals surface area contributed by atoms with Crippen molar-refractivity contribution in [3.8, 4) is 0 Å². The SMILES string of the molecule is Cc1cccc(NS(=O)(=O)c2ccc(Cl)c(C(=O)Nc3cccc(C(=O)O)c3)c2)c1. The summed E-state index contributed by atoms with van der Waals surface area (Å²) in [6, 6.07) is 16.3. The van der Waals surface area contributed by atoms with Crippen LogP contribution in [0.1, 0.15) is 26.3 Å². The van der Waals surface area contributed by atoms with Crippen LogP contribution in [0.3, 0.4) is 0 Å². The molecule has 1 amide bonds. The summed E-state index contributed by atoms with van der Waals surface area (Å²) in [4.78, 5) is 23.6. The van der Waals surface area contributed by atoms with Gasteiger partial charge < -0.3 is 10.4 Å². The molecule has 0 saturated heterocycles. The van der Waals surface area contributed by atoms with Crippen LogP contribution < -0.4 is 10.0 Å². The average Bonchev–Trinajstić information content (AvgIpc) is 2.68. The number of carboxylic acid groups (broad SMARTS) is 1. The molecule has 7 nitrogen and oxygen atoms in total. The number of nitrogens with one attached hydrogen (secondary N) is 2. The zero-order chi connectivity index (χ0) is 21.9. The maximum Gasteiger partial charge on any atom is 0.335 e. The van der Waals surface area contributed by atoms with E-state index in [4.69, 9.17) is 16.7 Å². The van der Waals surface area contributed by atoms with Crippen LogP contribution in [0.15, 0.2) is 71.6 Å². The van der Waals surface area contributed by atoms with Crippen LogP contribution in [0.25, 0.3) is 0 Å². The normalized spacial score (nSPS) is 11.0. The molecule has 0 aliphatic rings. The molecule has 0 spiro atoms. The molecule has 0 heterocycles. The molecule has 0 unspecified atom stereocenters. The first-order chi connectivity index (χ1) is 14.2. The number of carbonyl (C=O) groups excluding carboxylic acids is 1. The number of sulfonamides is 1. The van der Waals surface area contributed by atoms with Gasteiger partial charge in [-0.05, 0) is 61.0 Å². The zero-order valence-corrected chi connectivity index (χ0v) is 17.3. The van der Waals surface area contributed by atoms with Crippen molar-refractivity contribution >= 4 is 44.9 Å². The van der Waals surface area contributed by atoms with Crippen molar-refractivity contribution in [2.75, 3.05) is 10.0 Å². The van der Waals surface area contributed by atoms with Crippen molar-refractivity contribution in [2.24, 2.45) is 0 Å². The fourth-order valence-electron chi connectivity index (χ4n) is 2.70. The highest BCUT2D eigenvalue weighted by Crippen LogP contribution is 2.24. The van der Waals surface area contributed by atoms with Gasteiger partial charge in [-0.1, -0.05) is 29.8 Å². The Morgan fingerprint density at radius 1 is 0.933 bits per heavy atom. The molecule has 9 heteroatoms. The standard InChI is InChI=1S/C21H17ClN2O5S/c1-13-4-2-7-16(10-13)24-30(28,29)17-8-9-19(22)18(12-17)20(25)23-15-6-3-5-14(11-15)21(26)27/h2-12,24H,1H3,(H,23,25)(H,26,27). The molecule has 0 aliphatic heterocycles. The highest BCUT2D eigenvalue weighted by atomic mass is 35.5. The predicted molar refractivity (Wildman–Crippen MR) is 115 cm³/mol. The fraction of sp³-hybridized carbons (Fsp3) is 0.0476. The maximum atomic E-state index is 12.7. The summed E-state index contributed by atoms with van der Waals surface area (Å²) in [6.07, 6.45) is 0. The van der Waals surface area contributed by atoms with Gasteiger partial charge in [0.15, 0.2) is 0 Å². The molecule has 0 fully saturated rings. The van der Waals surface area contributed by atoms with E-state index in [-0.39, 0.29) is 26.7 Å². The third-order valence-electron chi connectivity index (χ3n) is 4.13. The number of hydrogen-bond acceptors (Lipinski definition) is 4. The van der Waals surface area contributed by atoms with Gasteiger partial charge in [-0.25, -0.2) is 13.2 Å². The second-order valence-electron chi connectivity index (χ2n) is 6.46. The van der Waals surface area contributed by atoms with Crippen molar-refractivity contribution in [1.82, 2.24) is 0 Å². The molecule has 3 rings (SSSR count). The molecule has 30 heavy (non-hydrogen) atoms. The van der Waals surface area contributed by atoms with E-state index in [9.17, 15) is 18.0 Å². The minimum absolute atomic E-state index is 0.00224. The lowest BCUT2D eigenvalue weighted by Gasteiger charge is -2.12. The summed E-state index contributed by atoms with van der Waals surface area (Å²) in [5.41, 5.74) is 1.45. The first-order valence-corrected chi connectivity index (χ1v) is 10.6. The van der Waals surface area contributed by atoms with Crippen LogP contribution in [-0.2, 0) is 10.0 Å². The molecule has 0 atom stereocenters. The van der Waals surface area contributed by atoms with Crippen molar-refractivity contribution in [3.63, 3.8) is 0 Å². The largest absolute Gasteiger partial charge is 0.478 e. The summed E-state index contributed by atoms with van der Waals surface area (Å²) >= 11 is 6.10. The van der Waals surface area contributed by atoms with Gasteiger partial charge in [0, 0.05) is 11.4 Å². The molecular formula is C21H17ClN2O5S. The maximum absolute atomic E-state index is 12.7. The lowest BCUT2D eigenvalue weighted by Crippen LogP contribution is -2.16. The van der Waals surface area contributed by atoms with Crippen molar-refractivity contribution in [1.29, 1.82) is 0 Å². The van der Waals surface area contributed by atoms with E-state index in [2.05, 4.69) is 10.0 Å². The van der Waals surface area contributed by atoms with E-state index in [1.807, 2.05) is 13.0 Å². The predicted octanol–water partition coefficient (Wildman–Crippen LogP) is 4.40. The Kier molecular flexibility index (Phi) is 6.09. The number of rotatable bonds is 6. The number of amides is 1. The van der Waals surface area contributed by atoms with Crippen LogP contribution in [0.2, 0.25) is 5.02 Å². The van der Waals surface area contributed by atoms with Crippen molar-refractivity contribution in [2.45, 2.75) is 11.8 Å². The van der Waals surface area contributed by atoms with E-state index < -0.39 is 21.9 Å². The Balaban J connectivity index is 1.88. The molecule has 0 aromatic heterocycles. The number of benzene rings is 3. The third-order valence-corrected chi connectivity index (χ3v) is 5.84. The van der Waals surface area contributed by atoms with E-state index >= 15 is 0 Å². The average molecular weight is 445 g/mol. The highest BCUT2D eigenvalue weighted by Gasteiger charge is 2.19. The van der Waals surface area contributed by atoms with Crippen LogP contribution in [0.4, 0.5) is 11.4 Å². The van der Waals surface area contributed by atoms with E-state index in [0.717, 1.165) is 11.6 Å². The number of halogens is 1. The summed E-state index contributed by atoms with van der Waals surface area (Å²) in [7, 11) is -3.96. The first kappa shape index (κ1) is 21.4. The number of carboxylic acids is 1.